The first-order valence-electron chi connectivity index (χ1n) is 6.06. The first-order chi connectivity index (χ1) is 9.58. The van der Waals surface area contributed by atoms with E-state index in [4.69, 9.17) is 5.11 Å². The largest absolute Gasteiger partial charge is 0.504 e. The van der Waals surface area contributed by atoms with Gasteiger partial charge < -0.3 is 20.6 Å². The number of thiophene rings is 1. The van der Waals surface area contributed by atoms with E-state index in [1.54, 1.807) is 12.1 Å². The number of carboxylic acids is 1. The van der Waals surface area contributed by atoms with E-state index >= 15 is 0 Å². The Hall–Kier alpha value is -2.05. The maximum Gasteiger partial charge on any atom is 0.305 e. The molecule has 0 spiro atoms. The molecule has 1 aromatic heterocycles. The zero-order valence-corrected chi connectivity index (χ0v) is 11.4. The molecule has 0 bridgehead atoms. The van der Waals surface area contributed by atoms with Crippen molar-refractivity contribution in [1.29, 1.82) is 0 Å². The predicted octanol–water partition coefficient (Wildman–Crippen LogP) is 2.46. The van der Waals surface area contributed by atoms with Crippen molar-refractivity contribution >= 4 is 17.3 Å². The van der Waals surface area contributed by atoms with Crippen LogP contribution in [0.25, 0.3) is 0 Å². The Morgan fingerprint density at radius 2 is 2.05 bits per heavy atom. The number of benzene rings is 1. The summed E-state index contributed by atoms with van der Waals surface area (Å²) in [5.74, 6) is -1.26. The van der Waals surface area contributed by atoms with Crippen LogP contribution in [0.5, 0.6) is 11.5 Å². The lowest BCUT2D eigenvalue weighted by Gasteiger charge is -2.16. The van der Waals surface area contributed by atoms with E-state index in [1.165, 1.54) is 17.4 Å². The summed E-state index contributed by atoms with van der Waals surface area (Å²) < 4.78 is 0. The van der Waals surface area contributed by atoms with Crippen LogP contribution in [0.2, 0.25) is 0 Å². The highest BCUT2D eigenvalue weighted by Crippen LogP contribution is 2.29. The first-order valence-corrected chi connectivity index (χ1v) is 6.94. The topological polar surface area (TPSA) is 89.8 Å². The fourth-order valence-corrected chi connectivity index (χ4v) is 2.69. The Morgan fingerprint density at radius 3 is 2.70 bits per heavy atom. The lowest BCUT2D eigenvalue weighted by Crippen LogP contribution is -2.22. The van der Waals surface area contributed by atoms with Crippen molar-refractivity contribution in [3.05, 3.63) is 46.2 Å². The Bertz CT molecular complexity index is 583. The van der Waals surface area contributed by atoms with Crippen LogP contribution >= 0.6 is 11.3 Å². The highest BCUT2D eigenvalue weighted by Gasteiger charge is 2.17. The molecule has 4 N–H and O–H groups in total. The molecule has 0 aliphatic rings. The number of phenolic OH excluding ortho intramolecular Hbond substituents is 2. The molecular weight excluding hydrogens is 278 g/mol. The molecule has 1 atom stereocenters. The third-order valence-electron chi connectivity index (χ3n) is 2.90. The normalized spacial score (nSPS) is 12.2. The van der Waals surface area contributed by atoms with Gasteiger partial charge in [0.25, 0.3) is 0 Å². The van der Waals surface area contributed by atoms with Gasteiger partial charge in [0, 0.05) is 17.0 Å². The van der Waals surface area contributed by atoms with E-state index in [1.807, 2.05) is 17.5 Å². The minimum Gasteiger partial charge on any atom is -0.504 e. The molecule has 0 radical (unpaired) electrons. The van der Waals surface area contributed by atoms with Gasteiger partial charge in [0.05, 0.1) is 12.5 Å². The summed E-state index contributed by atoms with van der Waals surface area (Å²) in [6, 6.07) is 8.11. The number of nitrogens with one attached hydrogen (secondary N) is 1. The zero-order chi connectivity index (χ0) is 14.5. The predicted molar refractivity (Wildman–Crippen MR) is 75.9 cm³/mol. The van der Waals surface area contributed by atoms with Crippen LogP contribution in [0.3, 0.4) is 0 Å². The molecule has 1 heterocycles. The molecule has 6 heteroatoms. The number of rotatable bonds is 6. The first kappa shape index (κ1) is 14.4. The Kier molecular flexibility index (Phi) is 4.60. The third kappa shape index (κ3) is 3.49. The maximum absolute atomic E-state index is 10.9. The summed E-state index contributed by atoms with van der Waals surface area (Å²) in [4.78, 5) is 11.8. The van der Waals surface area contributed by atoms with Crippen molar-refractivity contribution in [2.24, 2.45) is 0 Å². The van der Waals surface area contributed by atoms with E-state index in [2.05, 4.69) is 5.32 Å². The number of hydrogen-bond acceptors (Lipinski definition) is 5. The van der Waals surface area contributed by atoms with Crippen molar-refractivity contribution in [3.63, 3.8) is 0 Å². The van der Waals surface area contributed by atoms with Gasteiger partial charge >= 0.3 is 5.97 Å². The standard InChI is InChI=1S/C14H15NO4S/c16-11-4-1-3-9(14(11)19)8-15-10(7-13(17)18)12-5-2-6-20-12/h1-6,10,15-16,19H,7-8H2,(H,17,18). The van der Waals surface area contributed by atoms with Crippen LogP contribution in [0, 0.1) is 0 Å². The van der Waals surface area contributed by atoms with Gasteiger partial charge in [-0.15, -0.1) is 11.3 Å². The van der Waals surface area contributed by atoms with Gasteiger partial charge in [-0.3, -0.25) is 4.79 Å². The molecule has 5 nitrogen and oxygen atoms in total. The van der Waals surface area contributed by atoms with E-state index < -0.39 is 5.97 Å². The lowest BCUT2D eigenvalue weighted by molar-refractivity contribution is -0.137. The number of carbonyl (C=O) groups is 1. The van der Waals surface area contributed by atoms with Gasteiger partial charge in [-0.05, 0) is 17.5 Å². The highest BCUT2D eigenvalue weighted by molar-refractivity contribution is 7.10. The molecule has 2 rings (SSSR count). The van der Waals surface area contributed by atoms with Gasteiger partial charge in [-0.25, -0.2) is 0 Å². The average molecular weight is 293 g/mol. The van der Waals surface area contributed by atoms with E-state index in [-0.39, 0.29) is 30.5 Å². The fourth-order valence-electron chi connectivity index (χ4n) is 1.89. The molecule has 0 aliphatic carbocycles. The minimum absolute atomic E-state index is 0.0416. The smallest absolute Gasteiger partial charge is 0.305 e. The van der Waals surface area contributed by atoms with Crippen molar-refractivity contribution in [2.75, 3.05) is 0 Å². The third-order valence-corrected chi connectivity index (χ3v) is 3.89. The summed E-state index contributed by atoms with van der Waals surface area (Å²) >= 11 is 1.48. The van der Waals surface area contributed by atoms with Crippen LogP contribution in [-0.4, -0.2) is 21.3 Å². The molecule has 0 fully saturated rings. The van der Waals surface area contributed by atoms with Crippen LogP contribution in [-0.2, 0) is 11.3 Å². The minimum atomic E-state index is -0.893. The molecule has 0 saturated heterocycles. The average Bonchev–Trinajstić information content (AvgIpc) is 2.92. The second-order valence-corrected chi connectivity index (χ2v) is 5.31. The summed E-state index contributed by atoms with van der Waals surface area (Å²) in [5.41, 5.74) is 0.525. The number of para-hydroxylation sites is 1. The molecule has 0 saturated carbocycles. The van der Waals surface area contributed by atoms with E-state index in [9.17, 15) is 15.0 Å². The van der Waals surface area contributed by atoms with E-state index in [0.717, 1.165) is 4.88 Å². The molecule has 0 amide bonds. The van der Waals surface area contributed by atoms with Crippen molar-refractivity contribution in [1.82, 2.24) is 5.32 Å². The summed E-state index contributed by atoms with van der Waals surface area (Å²) in [6.45, 7) is 0.274. The van der Waals surface area contributed by atoms with Crippen LogP contribution < -0.4 is 5.32 Å². The second kappa shape index (κ2) is 6.40. The molecule has 1 aromatic carbocycles. The molecule has 106 valence electrons. The number of carboxylic acid groups (broad SMARTS) is 1. The molecule has 20 heavy (non-hydrogen) atoms. The number of hydrogen-bond donors (Lipinski definition) is 4. The Morgan fingerprint density at radius 1 is 1.25 bits per heavy atom. The van der Waals surface area contributed by atoms with Crippen LogP contribution in [0.15, 0.2) is 35.7 Å². The van der Waals surface area contributed by atoms with Gasteiger partial charge in [-0.2, -0.15) is 0 Å². The summed E-state index contributed by atoms with van der Waals surface area (Å²) in [7, 11) is 0. The quantitative estimate of drug-likeness (QED) is 0.614. The lowest BCUT2D eigenvalue weighted by atomic mass is 10.1. The molecule has 1 unspecified atom stereocenters. The summed E-state index contributed by atoms with van der Waals surface area (Å²) in [5, 5.41) is 33.1. The fraction of sp³-hybridized carbons (Fsp3) is 0.214. The van der Waals surface area contributed by atoms with Gasteiger partial charge in [0.2, 0.25) is 0 Å². The Balaban J connectivity index is 2.09. The number of aromatic hydroxyl groups is 2. The SMILES string of the molecule is O=C(O)CC(NCc1cccc(O)c1O)c1cccs1. The number of aliphatic carboxylic acids is 1. The van der Waals surface area contributed by atoms with Crippen LogP contribution in [0.4, 0.5) is 0 Å². The second-order valence-electron chi connectivity index (χ2n) is 4.33. The maximum atomic E-state index is 10.9. The van der Waals surface area contributed by atoms with Crippen molar-refractivity contribution in [3.8, 4) is 11.5 Å². The van der Waals surface area contributed by atoms with Crippen molar-refractivity contribution < 1.29 is 20.1 Å². The van der Waals surface area contributed by atoms with Crippen molar-refractivity contribution in [2.45, 2.75) is 19.0 Å². The molecule has 0 aliphatic heterocycles. The monoisotopic (exact) mass is 293 g/mol. The highest BCUT2D eigenvalue weighted by atomic mass is 32.1. The van der Waals surface area contributed by atoms with E-state index in [0.29, 0.717) is 5.56 Å². The zero-order valence-electron chi connectivity index (χ0n) is 10.6. The van der Waals surface area contributed by atoms with Gasteiger partial charge in [-0.1, -0.05) is 18.2 Å². The van der Waals surface area contributed by atoms with Gasteiger partial charge in [0.15, 0.2) is 11.5 Å². The molecule has 2 aromatic rings. The molecular formula is C14H15NO4S. The number of phenols is 2. The van der Waals surface area contributed by atoms with Gasteiger partial charge in [0.1, 0.15) is 0 Å². The Labute approximate surface area is 120 Å². The summed E-state index contributed by atoms with van der Waals surface area (Å²) in [6.07, 6.45) is -0.0416. The van der Waals surface area contributed by atoms with Crippen LogP contribution in [0.1, 0.15) is 22.9 Å².